The van der Waals surface area contributed by atoms with E-state index in [-0.39, 0.29) is 10.6 Å². The lowest BCUT2D eigenvalue weighted by molar-refractivity contribution is -0.384. The third kappa shape index (κ3) is 4.76. The Hall–Kier alpha value is -2.72. The van der Waals surface area contributed by atoms with E-state index in [0.717, 1.165) is 21.8 Å². The lowest BCUT2D eigenvalue weighted by Gasteiger charge is -2.15. The highest BCUT2D eigenvalue weighted by Crippen LogP contribution is 2.30. The molecule has 0 unspecified atom stereocenters. The topological polar surface area (TPSA) is 103 Å². The highest BCUT2D eigenvalue weighted by atomic mass is 32.2. The molecule has 0 atom stereocenters. The number of fused-ring (bicyclic) bond motifs is 1. The number of aromatic nitrogens is 1. The van der Waals surface area contributed by atoms with Gasteiger partial charge in [0.05, 0.1) is 26.6 Å². The van der Waals surface area contributed by atoms with E-state index in [0.29, 0.717) is 18.9 Å². The van der Waals surface area contributed by atoms with E-state index in [2.05, 4.69) is 4.98 Å². The molecule has 0 aliphatic carbocycles. The van der Waals surface area contributed by atoms with E-state index < -0.39 is 14.8 Å². The minimum Gasteiger partial charge on any atom is -0.494 e. The molecule has 0 spiro atoms. The molecule has 0 amide bonds. The smallest absolute Gasteiger partial charge is 0.270 e. The van der Waals surface area contributed by atoms with Gasteiger partial charge in [-0.2, -0.15) is 0 Å². The SMILES string of the molecule is CN(CCCOc1ccc(S(C)(=O)=O)cc1)c1nc2ccc([N+](=O)[O-])cc2s1. The van der Waals surface area contributed by atoms with Gasteiger partial charge in [0.2, 0.25) is 0 Å². The Bertz CT molecular complexity index is 1090. The zero-order valence-corrected chi connectivity index (χ0v) is 17.0. The first-order valence-corrected chi connectivity index (χ1v) is 11.1. The first kappa shape index (κ1) is 20.0. The summed E-state index contributed by atoms with van der Waals surface area (Å²) in [4.78, 5) is 17.2. The maximum Gasteiger partial charge on any atom is 0.270 e. The van der Waals surface area contributed by atoms with Gasteiger partial charge in [-0.15, -0.1) is 0 Å². The Morgan fingerprint density at radius 3 is 2.57 bits per heavy atom. The van der Waals surface area contributed by atoms with Crippen molar-refractivity contribution >= 4 is 42.2 Å². The first-order valence-electron chi connectivity index (χ1n) is 8.43. The van der Waals surface area contributed by atoms with Crippen LogP contribution in [0.2, 0.25) is 0 Å². The van der Waals surface area contributed by atoms with Gasteiger partial charge in [0, 0.05) is 32.0 Å². The molecule has 148 valence electrons. The summed E-state index contributed by atoms with van der Waals surface area (Å²) in [5.41, 5.74) is 0.792. The zero-order valence-electron chi connectivity index (χ0n) is 15.4. The van der Waals surface area contributed by atoms with E-state index in [4.69, 9.17) is 4.74 Å². The van der Waals surface area contributed by atoms with Crippen LogP contribution in [0.5, 0.6) is 5.75 Å². The Morgan fingerprint density at radius 2 is 1.93 bits per heavy atom. The van der Waals surface area contributed by atoms with Crippen LogP contribution in [0.3, 0.4) is 0 Å². The number of sulfone groups is 1. The van der Waals surface area contributed by atoms with Crippen LogP contribution < -0.4 is 9.64 Å². The fourth-order valence-electron chi connectivity index (χ4n) is 2.55. The molecule has 0 aliphatic rings. The second kappa shape index (κ2) is 8.11. The Kier molecular flexibility index (Phi) is 5.80. The summed E-state index contributed by atoms with van der Waals surface area (Å²) in [6.45, 7) is 1.17. The van der Waals surface area contributed by atoms with Gasteiger partial charge in [-0.3, -0.25) is 10.1 Å². The van der Waals surface area contributed by atoms with Crippen LogP contribution in [0.4, 0.5) is 10.8 Å². The number of hydrogen-bond acceptors (Lipinski definition) is 8. The second-order valence-electron chi connectivity index (χ2n) is 6.27. The van der Waals surface area contributed by atoms with Crippen molar-refractivity contribution in [1.82, 2.24) is 4.98 Å². The second-order valence-corrected chi connectivity index (χ2v) is 9.30. The summed E-state index contributed by atoms with van der Waals surface area (Å²) in [6, 6.07) is 11.0. The maximum atomic E-state index is 11.4. The number of anilines is 1. The molecule has 3 rings (SSSR count). The number of nitrogens with zero attached hydrogens (tertiary/aromatic N) is 3. The van der Waals surface area contributed by atoms with Gasteiger partial charge in [0.25, 0.3) is 5.69 Å². The molecule has 28 heavy (non-hydrogen) atoms. The van der Waals surface area contributed by atoms with Gasteiger partial charge in [-0.25, -0.2) is 13.4 Å². The molecule has 10 heteroatoms. The molecular weight excluding hydrogens is 402 g/mol. The van der Waals surface area contributed by atoms with Crippen molar-refractivity contribution in [3.8, 4) is 5.75 Å². The number of non-ortho nitro benzene ring substituents is 1. The van der Waals surface area contributed by atoms with Gasteiger partial charge >= 0.3 is 0 Å². The fourth-order valence-corrected chi connectivity index (χ4v) is 4.16. The summed E-state index contributed by atoms with van der Waals surface area (Å²) < 4.78 is 29.3. The lowest BCUT2D eigenvalue weighted by atomic mass is 10.3. The average Bonchev–Trinajstić information content (AvgIpc) is 3.08. The van der Waals surface area contributed by atoms with Crippen molar-refractivity contribution in [3.63, 3.8) is 0 Å². The van der Waals surface area contributed by atoms with E-state index in [1.165, 1.54) is 41.9 Å². The molecule has 0 N–H and O–H groups in total. The van der Waals surface area contributed by atoms with Crippen LogP contribution in [0.25, 0.3) is 10.2 Å². The molecule has 0 radical (unpaired) electrons. The zero-order chi connectivity index (χ0) is 20.3. The molecule has 2 aromatic carbocycles. The normalized spacial score (nSPS) is 11.5. The number of thiazole rings is 1. The van der Waals surface area contributed by atoms with Gasteiger partial charge < -0.3 is 9.64 Å². The van der Waals surface area contributed by atoms with Crippen molar-refractivity contribution in [2.24, 2.45) is 0 Å². The van der Waals surface area contributed by atoms with E-state index in [1.54, 1.807) is 18.2 Å². The Balaban J connectivity index is 1.53. The fraction of sp³-hybridized carbons (Fsp3) is 0.278. The number of nitro benzene ring substituents is 1. The van der Waals surface area contributed by atoms with E-state index in [9.17, 15) is 18.5 Å². The summed E-state index contributed by atoms with van der Waals surface area (Å²) in [6.07, 6.45) is 1.90. The van der Waals surface area contributed by atoms with Gasteiger partial charge in [0.15, 0.2) is 15.0 Å². The van der Waals surface area contributed by atoms with Crippen LogP contribution in [0, 0.1) is 10.1 Å². The van der Waals surface area contributed by atoms with E-state index in [1.807, 2.05) is 11.9 Å². The summed E-state index contributed by atoms with van der Waals surface area (Å²) in [5.74, 6) is 0.613. The predicted molar refractivity (Wildman–Crippen MR) is 109 cm³/mol. The number of hydrogen-bond donors (Lipinski definition) is 0. The molecule has 0 fully saturated rings. The third-order valence-electron chi connectivity index (χ3n) is 4.06. The Morgan fingerprint density at radius 1 is 1.21 bits per heavy atom. The molecule has 0 bridgehead atoms. The molecule has 0 saturated carbocycles. The number of rotatable bonds is 8. The van der Waals surface area contributed by atoms with Crippen LogP contribution in [-0.2, 0) is 9.84 Å². The lowest BCUT2D eigenvalue weighted by Crippen LogP contribution is -2.20. The minimum atomic E-state index is -3.21. The molecule has 8 nitrogen and oxygen atoms in total. The molecule has 3 aromatic rings. The van der Waals surface area contributed by atoms with Crippen molar-refractivity contribution in [2.75, 3.05) is 31.4 Å². The summed E-state index contributed by atoms with van der Waals surface area (Å²) >= 11 is 1.41. The van der Waals surface area contributed by atoms with E-state index >= 15 is 0 Å². The summed E-state index contributed by atoms with van der Waals surface area (Å²) in [7, 11) is -1.30. The van der Waals surface area contributed by atoms with Crippen molar-refractivity contribution in [1.29, 1.82) is 0 Å². The van der Waals surface area contributed by atoms with Crippen LogP contribution in [0.1, 0.15) is 6.42 Å². The molecule has 0 saturated heterocycles. The monoisotopic (exact) mass is 421 g/mol. The average molecular weight is 422 g/mol. The standard InChI is InChI=1S/C18H19N3O5S2/c1-20(18-19-16-9-4-13(21(22)23)12-17(16)27-18)10-3-11-26-14-5-7-15(8-6-14)28(2,24)25/h4-9,12H,3,10-11H2,1-2H3. The number of benzene rings is 2. The molecule has 0 aliphatic heterocycles. The van der Waals surface area contributed by atoms with Crippen LogP contribution >= 0.6 is 11.3 Å². The first-order chi connectivity index (χ1) is 13.2. The predicted octanol–water partition coefficient (Wildman–Crippen LogP) is 3.51. The van der Waals surface area contributed by atoms with Crippen molar-refractivity contribution in [2.45, 2.75) is 11.3 Å². The van der Waals surface area contributed by atoms with Gasteiger partial charge in [0.1, 0.15) is 5.75 Å². The Labute approximate surface area is 166 Å². The highest BCUT2D eigenvalue weighted by molar-refractivity contribution is 7.90. The molecule has 1 heterocycles. The maximum absolute atomic E-state index is 11.4. The quantitative estimate of drug-likeness (QED) is 0.311. The van der Waals surface area contributed by atoms with Crippen LogP contribution in [-0.4, -0.2) is 44.8 Å². The number of nitro groups is 1. The number of ether oxygens (including phenoxy) is 1. The highest BCUT2D eigenvalue weighted by Gasteiger charge is 2.12. The molecule has 1 aromatic heterocycles. The van der Waals surface area contributed by atoms with Crippen molar-refractivity contribution in [3.05, 3.63) is 52.6 Å². The van der Waals surface area contributed by atoms with Gasteiger partial charge in [-0.05, 0) is 36.8 Å². The molecular formula is C18H19N3O5S2. The van der Waals surface area contributed by atoms with Gasteiger partial charge in [-0.1, -0.05) is 11.3 Å². The largest absolute Gasteiger partial charge is 0.494 e. The minimum absolute atomic E-state index is 0.0562. The summed E-state index contributed by atoms with van der Waals surface area (Å²) in [5, 5.41) is 11.7. The third-order valence-corrected chi connectivity index (χ3v) is 6.32. The van der Waals surface area contributed by atoms with Crippen LogP contribution in [0.15, 0.2) is 47.4 Å². The van der Waals surface area contributed by atoms with Crippen molar-refractivity contribution < 1.29 is 18.1 Å².